The van der Waals surface area contributed by atoms with E-state index in [1.807, 2.05) is 13.0 Å². The Morgan fingerprint density at radius 3 is 2.57 bits per heavy atom. The van der Waals surface area contributed by atoms with Crippen LogP contribution in [0.5, 0.6) is 0 Å². The number of rotatable bonds is 3. The molecule has 0 spiro atoms. The van der Waals surface area contributed by atoms with Crippen molar-refractivity contribution in [3.05, 3.63) is 39.2 Å². The smallest absolute Gasteiger partial charge is 0.240 e. The molecule has 4 N–H and O–H groups in total. The van der Waals surface area contributed by atoms with E-state index in [1.54, 1.807) is 29.5 Å². The van der Waals surface area contributed by atoms with Crippen LogP contribution in [-0.4, -0.2) is 9.97 Å². The summed E-state index contributed by atoms with van der Waals surface area (Å²) in [5, 5.41) is 5.10. The third-order valence-corrected chi connectivity index (χ3v) is 4.43. The molecule has 0 bridgehead atoms. The van der Waals surface area contributed by atoms with Crippen LogP contribution in [0.25, 0.3) is 10.2 Å². The van der Waals surface area contributed by atoms with Crippen LogP contribution in [0.3, 0.4) is 0 Å². The number of nitrogens with two attached hydrogens (primary N) is 1. The third kappa shape index (κ3) is 2.75. The monoisotopic (exact) mass is 339 g/mol. The van der Waals surface area contributed by atoms with E-state index in [2.05, 4.69) is 20.7 Å². The molecule has 0 saturated heterocycles. The molecule has 0 atom stereocenters. The van der Waals surface area contributed by atoms with Gasteiger partial charge in [-0.25, -0.2) is 10.8 Å². The van der Waals surface area contributed by atoms with Crippen LogP contribution in [0.1, 0.15) is 4.88 Å². The van der Waals surface area contributed by atoms with E-state index in [-0.39, 0.29) is 0 Å². The van der Waals surface area contributed by atoms with E-state index in [0.29, 0.717) is 27.5 Å². The topological polar surface area (TPSA) is 75.9 Å². The number of hydrazine groups is 1. The van der Waals surface area contributed by atoms with Gasteiger partial charge in [0.15, 0.2) is 0 Å². The van der Waals surface area contributed by atoms with Gasteiger partial charge in [-0.2, -0.15) is 4.98 Å². The number of thiophene rings is 1. The van der Waals surface area contributed by atoms with Crippen molar-refractivity contribution in [3.8, 4) is 0 Å². The lowest BCUT2D eigenvalue weighted by Crippen LogP contribution is -2.11. The Hall–Kier alpha value is -1.60. The molecule has 1 aromatic carbocycles. The SMILES string of the molecule is Cc1cc2c(Nc3c(Cl)cccc3Cl)nc(NN)nc2s1. The molecule has 5 nitrogen and oxygen atoms in total. The molecular formula is C13H11Cl2N5S. The number of anilines is 3. The van der Waals surface area contributed by atoms with Gasteiger partial charge in [-0.1, -0.05) is 29.3 Å². The van der Waals surface area contributed by atoms with Gasteiger partial charge in [-0.05, 0) is 25.1 Å². The number of para-hydroxylation sites is 1. The maximum absolute atomic E-state index is 6.18. The molecule has 8 heteroatoms. The van der Waals surface area contributed by atoms with Crippen LogP contribution in [0.4, 0.5) is 17.5 Å². The fourth-order valence-electron chi connectivity index (χ4n) is 1.94. The van der Waals surface area contributed by atoms with E-state index in [0.717, 1.165) is 15.1 Å². The van der Waals surface area contributed by atoms with Crippen molar-refractivity contribution in [2.45, 2.75) is 6.92 Å². The van der Waals surface area contributed by atoms with Gasteiger partial charge in [-0.15, -0.1) is 11.3 Å². The normalized spacial score (nSPS) is 10.9. The van der Waals surface area contributed by atoms with Gasteiger partial charge in [0.05, 0.1) is 21.1 Å². The zero-order chi connectivity index (χ0) is 15.0. The zero-order valence-electron chi connectivity index (χ0n) is 10.9. The molecular weight excluding hydrogens is 329 g/mol. The van der Waals surface area contributed by atoms with E-state index in [1.165, 1.54) is 0 Å². The maximum atomic E-state index is 6.18. The van der Waals surface area contributed by atoms with Gasteiger partial charge in [0.1, 0.15) is 10.6 Å². The number of nitrogens with one attached hydrogen (secondary N) is 2. The molecule has 0 aliphatic carbocycles. The number of benzene rings is 1. The van der Waals surface area contributed by atoms with Crippen LogP contribution in [-0.2, 0) is 0 Å². The zero-order valence-corrected chi connectivity index (χ0v) is 13.3. The van der Waals surface area contributed by atoms with Crippen molar-refractivity contribution in [2.24, 2.45) is 5.84 Å². The molecule has 0 aliphatic rings. The fraction of sp³-hybridized carbons (Fsp3) is 0.0769. The van der Waals surface area contributed by atoms with Crippen LogP contribution in [0.15, 0.2) is 24.3 Å². The van der Waals surface area contributed by atoms with Crippen molar-refractivity contribution >= 4 is 62.2 Å². The second-order valence-electron chi connectivity index (χ2n) is 4.34. The van der Waals surface area contributed by atoms with Crippen molar-refractivity contribution in [3.63, 3.8) is 0 Å². The van der Waals surface area contributed by atoms with Gasteiger partial charge >= 0.3 is 0 Å². The molecule has 0 radical (unpaired) electrons. The Morgan fingerprint density at radius 1 is 1.19 bits per heavy atom. The molecule has 2 heterocycles. The third-order valence-electron chi connectivity index (χ3n) is 2.85. The largest absolute Gasteiger partial charge is 0.337 e. The number of hydrogen-bond acceptors (Lipinski definition) is 6. The minimum Gasteiger partial charge on any atom is -0.337 e. The van der Waals surface area contributed by atoms with Gasteiger partial charge in [0.25, 0.3) is 0 Å². The summed E-state index contributed by atoms with van der Waals surface area (Å²) in [6, 6.07) is 7.31. The molecule has 3 rings (SSSR count). The Labute approximate surface area is 135 Å². The average molecular weight is 340 g/mol. The summed E-state index contributed by atoms with van der Waals surface area (Å²) in [6.45, 7) is 2.01. The van der Waals surface area contributed by atoms with Crippen molar-refractivity contribution in [1.29, 1.82) is 0 Å². The molecule has 108 valence electrons. The molecule has 0 aliphatic heterocycles. The van der Waals surface area contributed by atoms with Crippen LogP contribution >= 0.6 is 34.5 Å². The summed E-state index contributed by atoms with van der Waals surface area (Å²) in [4.78, 5) is 10.6. The molecule has 2 aromatic heterocycles. The predicted octanol–water partition coefficient (Wildman–Crippen LogP) is 4.34. The molecule has 0 unspecified atom stereocenters. The van der Waals surface area contributed by atoms with Gasteiger partial charge in [0, 0.05) is 4.88 Å². The highest BCUT2D eigenvalue weighted by Crippen LogP contribution is 2.36. The fourth-order valence-corrected chi connectivity index (χ4v) is 3.31. The molecule has 0 fully saturated rings. The summed E-state index contributed by atoms with van der Waals surface area (Å²) in [7, 11) is 0. The van der Waals surface area contributed by atoms with Crippen LogP contribution < -0.4 is 16.6 Å². The van der Waals surface area contributed by atoms with E-state index >= 15 is 0 Å². The number of hydrogen-bond donors (Lipinski definition) is 3. The Morgan fingerprint density at radius 2 is 1.90 bits per heavy atom. The van der Waals surface area contributed by atoms with E-state index in [4.69, 9.17) is 29.0 Å². The van der Waals surface area contributed by atoms with Crippen LogP contribution in [0.2, 0.25) is 10.0 Å². The van der Waals surface area contributed by atoms with E-state index < -0.39 is 0 Å². The summed E-state index contributed by atoms with van der Waals surface area (Å²) in [6.07, 6.45) is 0. The second kappa shape index (κ2) is 5.65. The lowest BCUT2D eigenvalue weighted by atomic mass is 10.3. The first-order valence-electron chi connectivity index (χ1n) is 6.04. The van der Waals surface area contributed by atoms with Crippen molar-refractivity contribution in [1.82, 2.24) is 9.97 Å². The highest BCUT2D eigenvalue weighted by molar-refractivity contribution is 7.18. The van der Waals surface area contributed by atoms with Crippen molar-refractivity contribution in [2.75, 3.05) is 10.7 Å². The van der Waals surface area contributed by atoms with Gasteiger partial charge < -0.3 is 5.32 Å². The number of nitrogen functional groups attached to an aromatic ring is 1. The Bertz CT molecular complexity index is 797. The Balaban J connectivity index is 2.15. The number of halogens is 2. The van der Waals surface area contributed by atoms with Gasteiger partial charge in [-0.3, -0.25) is 5.43 Å². The summed E-state index contributed by atoms with van der Waals surface area (Å²) in [5.74, 6) is 6.35. The second-order valence-corrected chi connectivity index (χ2v) is 6.39. The highest BCUT2D eigenvalue weighted by atomic mass is 35.5. The Kier molecular flexibility index (Phi) is 3.86. The summed E-state index contributed by atoms with van der Waals surface area (Å²) < 4.78 is 0. The lowest BCUT2D eigenvalue weighted by Gasteiger charge is -2.11. The lowest BCUT2D eigenvalue weighted by molar-refractivity contribution is 1.16. The first-order valence-corrected chi connectivity index (χ1v) is 7.61. The molecule has 0 amide bonds. The number of nitrogens with zero attached hydrogens (tertiary/aromatic N) is 2. The van der Waals surface area contributed by atoms with Gasteiger partial charge in [0.2, 0.25) is 5.95 Å². The quantitative estimate of drug-likeness (QED) is 0.489. The minimum absolute atomic E-state index is 0.329. The average Bonchev–Trinajstić information content (AvgIpc) is 2.83. The molecule has 21 heavy (non-hydrogen) atoms. The maximum Gasteiger partial charge on any atom is 0.240 e. The first-order chi connectivity index (χ1) is 10.1. The number of aromatic nitrogens is 2. The summed E-state index contributed by atoms with van der Waals surface area (Å²) in [5.41, 5.74) is 3.07. The molecule has 0 saturated carbocycles. The number of aryl methyl sites for hydroxylation is 1. The predicted molar refractivity (Wildman–Crippen MR) is 89.7 cm³/mol. The molecule has 3 aromatic rings. The summed E-state index contributed by atoms with van der Waals surface area (Å²) >= 11 is 13.9. The van der Waals surface area contributed by atoms with E-state index in [9.17, 15) is 0 Å². The first kappa shape index (κ1) is 14.3. The van der Waals surface area contributed by atoms with Crippen LogP contribution in [0, 0.1) is 6.92 Å². The number of fused-ring (bicyclic) bond motifs is 1. The van der Waals surface area contributed by atoms with Crippen molar-refractivity contribution < 1.29 is 0 Å². The highest BCUT2D eigenvalue weighted by Gasteiger charge is 2.13. The minimum atomic E-state index is 0.329. The standard InChI is InChI=1S/C13H11Cl2N5S/c1-6-5-7-11(18-13(20-16)19-12(7)21-6)17-10-8(14)3-2-4-9(10)15/h2-5H,16H2,1H3,(H2,17,18,19,20).